The summed E-state index contributed by atoms with van der Waals surface area (Å²) in [5, 5.41) is 0. The molecule has 7 heteroatoms. The van der Waals surface area contributed by atoms with Crippen LogP contribution in [0.4, 0.5) is 13.2 Å². The van der Waals surface area contributed by atoms with Gasteiger partial charge in [0.1, 0.15) is 5.78 Å². The first-order valence-electron chi connectivity index (χ1n) is 7.83. The van der Waals surface area contributed by atoms with Gasteiger partial charge in [0.2, 0.25) is 0 Å². The number of alkyl halides is 3. The van der Waals surface area contributed by atoms with Gasteiger partial charge in [0.15, 0.2) is 0 Å². The standard InChI is InChI=1S/C17H20F3NO3/c1-2-24-16(23)8-13-7-15(22)11-21(10-13)9-12-3-5-14(6-4-12)17(18,19)20/h3-6,13H,2,7-11H2,1H3. The first-order chi connectivity index (χ1) is 11.3. The van der Waals surface area contributed by atoms with Crippen LogP contribution in [-0.2, 0) is 27.0 Å². The number of carbonyl (C=O) groups is 2. The van der Waals surface area contributed by atoms with Crippen LogP contribution in [-0.4, -0.2) is 36.3 Å². The Morgan fingerprint density at radius 1 is 1.29 bits per heavy atom. The van der Waals surface area contributed by atoms with Crippen LogP contribution in [0, 0.1) is 5.92 Å². The maximum Gasteiger partial charge on any atom is 0.416 e. The number of hydrogen-bond donors (Lipinski definition) is 0. The van der Waals surface area contributed by atoms with Crippen molar-refractivity contribution in [2.75, 3.05) is 19.7 Å². The molecule has 0 spiro atoms. The molecule has 4 nitrogen and oxygen atoms in total. The summed E-state index contributed by atoms with van der Waals surface area (Å²) in [5.74, 6) is -0.408. The normalized spacial score (nSPS) is 19.3. The van der Waals surface area contributed by atoms with Crippen LogP contribution in [0.3, 0.4) is 0 Å². The molecule has 1 aromatic rings. The number of likely N-dealkylation sites (tertiary alicyclic amines) is 1. The van der Waals surface area contributed by atoms with Crippen LogP contribution in [0.5, 0.6) is 0 Å². The molecule has 1 unspecified atom stereocenters. The number of esters is 1. The highest BCUT2D eigenvalue weighted by molar-refractivity contribution is 5.82. The van der Waals surface area contributed by atoms with Crippen LogP contribution >= 0.6 is 0 Å². The summed E-state index contributed by atoms with van der Waals surface area (Å²) < 4.78 is 42.6. The van der Waals surface area contributed by atoms with Crippen LogP contribution in [0.25, 0.3) is 0 Å². The first kappa shape index (κ1) is 18.4. The Labute approximate surface area is 138 Å². The molecule has 0 saturated carbocycles. The van der Waals surface area contributed by atoms with Gasteiger partial charge in [-0.3, -0.25) is 14.5 Å². The van der Waals surface area contributed by atoms with Crippen molar-refractivity contribution >= 4 is 11.8 Å². The summed E-state index contributed by atoms with van der Waals surface area (Å²) in [6.07, 6.45) is -3.84. The van der Waals surface area contributed by atoms with E-state index in [1.165, 1.54) is 12.1 Å². The Kier molecular flexibility index (Phi) is 5.99. The Hall–Kier alpha value is -1.89. The number of rotatable bonds is 5. The molecule has 0 aliphatic carbocycles. The molecule has 1 aromatic carbocycles. The summed E-state index contributed by atoms with van der Waals surface area (Å²) in [6, 6.07) is 4.92. The predicted octanol–water partition coefficient (Wildman–Crippen LogP) is 3.05. The minimum atomic E-state index is -4.36. The molecule has 1 aliphatic rings. The summed E-state index contributed by atoms with van der Waals surface area (Å²) in [6.45, 7) is 3.20. The lowest BCUT2D eigenvalue weighted by atomic mass is 9.93. The average Bonchev–Trinajstić information content (AvgIpc) is 2.46. The minimum absolute atomic E-state index is 0.0301. The van der Waals surface area contributed by atoms with Gasteiger partial charge >= 0.3 is 12.1 Å². The number of carbonyl (C=O) groups excluding carboxylic acids is 2. The summed E-state index contributed by atoms with van der Waals surface area (Å²) in [5.41, 5.74) is 0.00810. The molecule has 0 aromatic heterocycles. The van der Waals surface area contributed by atoms with E-state index in [0.29, 0.717) is 31.7 Å². The fourth-order valence-electron chi connectivity index (χ4n) is 2.90. The van der Waals surface area contributed by atoms with Gasteiger partial charge in [-0.15, -0.1) is 0 Å². The highest BCUT2D eigenvalue weighted by Crippen LogP contribution is 2.29. The van der Waals surface area contributed by atoms with Gasteiger partial charge in [-0.05, 0) is 30.5 Å². The number of ketones is 1. The van der Waals surface area contributed by atoms with Crippen molar-refractivity contribution in [3.63, 3.8) is 0 Å². The van der Waals surface area contributed by atoms with E-state index in [-0.39, 0.29) is 30.6 Å². The third-order valence-corrected chi connectivity index (χ3v) is 3.88. The number of halogens is 3. The van der Waals surface area contributed by atoms with Crippen LogP contribution in [0.2, 0.25) is 0 Å². The van der Waals surface area contributed by atoms with E-state index in [4.69, 9.17) is 4.74 Å². The van der Waals surface area contributed by atoms with E-state index in [1.54, 1.807) is 6.92 Å². The Bertz CT molecular complexity index is 584. The third kappa shape index (κ3) is 5.33. The zero-order valence-corrected chi connectivity index (χ0v) is 13.4. The number of benzene rings is 1. The van der Waals surface area contributed by atoms with E-state index in [1.807, 2.05) is 4.90 Å². The highest BCUT2D eigenvalue weighted by Gasteiger charge is 2.30. The van der Waals surface area contributed by atoms with Crippen molar-refractivity contribution in [2.45, 2.75) is 32.5 Å². The van der Waals surface area contributed by atoms with Crippen molar-refractivity contribution < 1.29 is 27.5 Å². The van der Waals surface area contributed by atoms with Gasteiger partial charge in [-0.1, -0.05) is 12.1 Å². The molecule has 2 rings (SSSR count). The van der Waals surface area contributed by atoms with Crippen molar-refractivity contribution in [1.82, 2.24) is 4.90 Å². The van der Waals surface area contributed by atoms with Gasteiger partial charge in [0.05, 0.1) is 18.7 Å². The van der Waals surface area contributed by atoms with Crippen molar-refractivity contribution in [2.24, 2.45) is 5.92 Å². The maximum absolute atomic E-state index is 12.6. The molecule has 1 heterocycles. The molecular formula is C17H20F3NO3. The topological polar surface area (TPSA) is 46.6 Å². The lowest BCUT2D eigenvalue weighted by Crippen LogP contribution is -2.41. The second-order valence-corrected chi connectivity index (χ2v) is 5.98. The van der Waals surface area contributed by atoms with E-state index in [0.717, 1.165) is 12.1 Å². The average molecular weight is 343 g/mol. The summed E-state index contributed by atoms with van der Waals surface area (Å²) in [7, 11) is 0. The van der Waals surface area contributed by atoms with Crippen molar-refractivity contribution in [3.05, 3.63) is 35.4 Å². The highest BCUT2D eigenvalue weighted by atomic mass is 19.4. The third-order valence-electron chi connectivity index (χ3n) is 3.88. The molecule has 0 N–H and O–H groups in total. The van der Waals surface area contributed by atoms with Gasteiger partial charge in [0.25, 0.3) is 0 Å². The van der Waals surface area contributed by atoms with E-state index < -0.39 is 11.7 Å². The monoisotopic (exact) mass is 343 g/mol. The molecule has 1 fully saturated rings. The zero-order valence-electron chi connectivity index (χ0n) is 13.4. The lowest BCUT2D eigenvalue weighted by Gasteiger charge is -2.31. The second kappa shape index (κ2) is 7.79. The molecule has 0 bridgehead atoms. The minimum Gasteiger partial charge on any atom is -0.466 e. The fraction of sp³-hybridized carbons (Fsp3) is 0.529. The van der Waals surface area contributed by atoms with Crippen LogP contribution in [0.1, 0.15) is 30.9 Å². The number of hydrogen-bond acceptors (Lipinski definition) is 4. The number of Topliss-reactive ketones (excluding diaryl/α,β-unsaturated/α-hetero) is 1. The van der Waals surface area contributed by atoms with Gasteiger partial charge in [-0.2, -0.15) is 13.2 Å². The largest absolute Gasteiger partial charge is 0.466 e. The number of ether oxygens (including phenoxy) is 1. The van der Waals surface area contributed by atoms with Gasteiger partial charge < -0.3 is 4.74 Å². The Morgan fingerprint density at radius 2 is 1.96 bits per heavy atom. The molecule has 1 atom stereocenters. The molecule has 1 aliphatic heterocycles. The van der Waals surface area contributed by atoms with Gasteiger partial charge in [-0.25, -0.2) is 0 Å². The van der Waals surface area contributed by atoms with E-state index in [2.05, 4.69) is 0 Å². The quantitative estimate of drug-likeness (QED) is 0.771. The van der Waals surface area contributed by atoms with Crippen LogP contribution in [0.15, 0.2) is 24.3 Å². The van der Waals surface area contributed by atoms with Crippen molar-refractivity contribution in [1.29, 1.82) is 0 Å². The number of nitrogens with zero attached hydrogens (tertiary/aromatic N) is 1. The van der Waals surface area contributed by atoms with Crippen molar-refractivity contribution in [3.8, 4) is 0 Å². The summed E-state index contributed by atoms with van der Waals surface area (Å²) in [4.78, 5) is 25.3. The molecule has 0 radical (unpaired) electrons. The Morgan fingerprint density at radius 3 is 2.54 bits per heavy atom. The molecule has 24 heavy (non-hydrogen) atoms. The molecular weight excluding hydrogens is 323 g/mol. The molecule has 132 valence electrons. The zero-order chi connectivity index (χ0) is 17.7. The van der Waals surface area contributed by atoms with Gasteiger partial charge in [0, 0.05) is 25.9 Å². The smallest absolute Gasteiger partial charge is 0.416 e. The van der Waals surface area contributed by atoms with E-state index >= 15 is 0 Å². The summed E-state index contributed by atoms with van der Waals surface area (Å²) >= 11 is 0. The lowest BCUT2D eigenvalue weighted by molar-refractivity contribution is -0.145. The van der Waals surface area contributed by atoms with E-state index in [9.17, 15) is 22.8 Å². The molecule has 1 saturated heterocycles. The second-order valence-electron chi connectivity index (χ2n) is 5.98. The first-order valence-corrected chi connectivity index (χ1v) is 7.83. The molecule has 0 amide bonds. The Balaban J connectivity index is 1.96. The SMILES string of the molecule is CCOC(=O)CC1CC(=O)CN(Cc2ccc(C(F)(F)F)cc2)C1. The maximum atomic E-state index is 12.6. The fourth-order valence-corrected chi connectivity index (χ4v) is 2.90. The predicted molar refractivity (Wildman–Crippen MR) is 81.1 cm³/mol. The van der Waals surface area contributed by atoms with Crippen LogP contribution < -0.4 is 0 Å². The number of piperidine rings is 1.